The minimum atomic E-state index is -4.25. The van der Waals surface area contributed by atoms with Crippen molar-refractivity contribution in [2.75, 3.05) is 10.5 Å². The van der Waals surface area contributed by atoms with Gasteiger partial charge in [0.1, 0.15) is 10.7 Å². The highest BCUT2D eigenvalue weighted by molar-refractivity contribution is 9.10. The zero-order valence-corrected chi connectivity index (χ0v) is 13.4. The molecular formula is C12H8BrClF2N2O2S. The molecule has 2 aromatic rings. The fourth-order valence-electron chi connectivity index (χ4n) is 1.55. The van der Waals surface area contributed by atoms with Gasteiger partial charge >= 0.3 is 0 Å². The Morgan fingerprint density at radius 1 is 1.19 bits per heavy atom. The van der Waals surface area contributed by atoms with Gasteiger partial charge in [0.15, 0.2) is 5.82 Å². The quantitative estimate of drug-likeness (QED) is 0.775. The van der Waals surface area contributed by atoms with Crippen molar-refractivity contribution in [1.29, 1.82) is 0 Å². The number of nitrogen functional groups attached to an aromatic ring is 1. The molecule has 21 heavy (non-hydrogen) atoms. The first-order valence-corrected chi connectivity index (χ1v) is 8.08. The maximum Gasteiger partial charge on any atom is 0.264 e. The molecule has 112 valence electrons. The summed E-state index contributed by atoms with van der Waals surface area (Å²) in [5.74, 6) is -1.66. The molecule has 0 spiro atoms. The summed E-state index contributed by atoms with van der Waals surface area (Å²) in [5.41, 5.74) is 5.02. The van der Waals surface area contributed by atoms with Gasteiger partial charge in [-0.15, -0.1) is 0 Å². The van der Waals surface area contributed by atoms with Gasteiger partial charge in [-0.25, -0.2) is 17.2 Å². The van der Waals surface area contributed by atoms with Crippen LogP contribution in [0.4, 0.5) is 20.2 Å². The van der Waals surface area contributed by atoms with E-state index in [2.05, 4.69) is 20.7 Å². The molecule has 0 saturated carbocycles. The van der Waals surface area contributed by atoms with E-state index in [0.29, 0.717) is 0 Å². The summed E-state index contributed by atoms with van der Waals surface area (Å²) in [6.45, 7) is 0. The van der Waals surface area contributed by atoms with Crippen molar-refractivity contribution in [3.8, 4) is 0 Å². The van der Waals surface area contributed by atoms with E-state index in [0.717, 1.165) is 18.2 Å². The van der Waals surface area contributed by atoms with E-state index >= 15 is 0 Å². The van der Waals surface area contributed by atoms with Gasteiger partial charge in [0.05, 0.1) is 15.8 Å². The van der Waals surface area contributed by atoms with E-state index in [1.807, 2.05) is 0 Å². The molecular weight excluding hydrogens is 390 g/mol. The van der Waals surface area contributed by atoms with Gasteiger partial charge in [0, 0.05) is 5.02 Å². The Morgan fingerprint density at radius 3 is 2.48 bits per heavy atom. The number of benzene rings is 2. The zero-order valence-electron chi connectivity index (χ0n) is 10.2. The summed E-state index contributed by atoms with van der Waals surface area (Å²) < 4.78 is 53.4. The molecule has 0 fully saturated rings. The average molecular weight is 398 g/mol. The monoisotopic (exact) mass is 396 g/mol. The third-order valence-electron chi connectivity index (χ3n) is 2.49. The summed E-state index contributed by atoms with van der Waals surface area (Å²) in [7, 11) is -4.25. The number of sulfonamides is 1. The molecule has 0 aliphatic rings. The lowest BCUT2D eigenvalue weighted by Gasteiger charge is -2.11. The van der Waals surface area contributed by atoms with Gasteiger partial charge in [-0.3, -0.25) is 4.72 Å². The van der Waals surface area contributed by atoms with Crippen molar-refractivity contribution in [2.24, 2.45) is 0 Å². The zero-order chi connectivity index (χ0) is 15.8. The molecule has 0 bridgehead atoms. The fraction of sp³-hybridized carbons (Fsp3) is 0. The second-order valence-electron chi connectivity index (χ2n) is 4.04. The van der Waals surface area contributed by atoms with Gasteiger partial charge in [-0.2, -0.15) is 0 Å². The second kappa shape index (κ2) is 5.78. The van der Waals surface area contributed by atoms with Crippen LogP contribution in [0.25, 0.3) is 0 Å². The molecule has 0 atom stereocenters. The molecule has 9 heteroatoms. The highest BCUT2D eigenvalue weighted by atomic mass is 79.9. The molecule has 4 nitrogen and oxygen atoms in total. The average Bonchev–Trinajstić information content (AvgIpc) is 2.37. The fourth-order valence-corrected chi connectivity index (χ4v) is 3.40. The van der Waals surface area contributed by atoms with Crippen LogP contribution in [0, 0.1) is 11.6 Å². The number of hydrogen-bond donors (Lipinski definition) is 2. The summed E-state index contributed by atoms with van der Waals surface area (Å²) in [6.07, 6.45) is 0. The van der Waals surface area contributed by atoms with Crippen LogP contribution in [0.2, 0.25) is 5.02 Å². The molecule has 0 aromatic heterocycles. The predicted molar refractivity (Wildman–Crippen MR) is 80.7 cm³/mol. The highest BCUT2D eigenvalue weighted by Crippen LogP contribution is 2.28. The Labute approximate surface area is 133 Å². The van der Waals surface area contributed by atoms with Crippen LogP contribution in [-0.2, 0) is 10.0 Å². The van der Waals surface area contributed by atoms with Crippen LogP contribution < -0.4 is 10.5 Å². The molecule has 0 heterocycles. The Bertz CT molecular complexity index is 815. The highest BCUT2D eigenvalue weighted by Gasteiger charge is 2.22. The van der Waals surface area contributed by atoms with Crippen molar-refractivity contribution >= 4 is 48.9 Å². The van der Waals surface area contributed by atoms with E-state index in [-0.39, 0.29) is 20.9 Å². The van der Waals surface area contributed by atoms with E-state index in [1.54, 1.807) is 0 Å². The number of rotatable bonds is 3. The summed E-state index contributed by atoms with van der Waals surface area (Å²) in [5, 5.41) is -0.0189. The van der Waals surface area contributed by atoms with E-state index < -0.39 is 26.6 Å². The minimum Gasteiger partial charge on any atom is -0.396 e. The standard InChI is InChI=1S/C12H8BrClF2N2O2S/c13-8-5-7(1-2-9(8)15)18-21(19,20)11-4-6(14)3-10(17)12(11)16/h1-5,18H,17H2. The first kappa shape index (κ1) is 16.0. The van der Waals surface area contributed by atoms with E-state index in [4.69, 9.17) is 17.3 Å². The van der Waals surface area contributed by atoms with Crippen LogP contribution in [0.15, 0.2) is 39.7 Å². The topological polar surface area (TPSA) is 72.2 Å². The SMILES string of the molecule is Nc1cc(Cl)cc(S(=O)(=O)Nc2ccc(F)c(Br)c2)c1F. The predicted octanol–water partition coefficient (Wildman–Crippen LogP) is 3.76. The van der Waals surface area contributed by atoms with Crippen molar-refractivity contribution in [2.45, 2.75) is 4.90 Å². The maximum atomic E-state index is 13.9. The second-order valence-corrected chi connectivity index (χ2v) is 6.98. The van der Waals surface area contributed by atoms with E-state index in [9.17, 15) is 17.2 Å². The van der Waals surface area contributed by atoms with Crippen molar-refractivity contribution in [1.82, 2.24) is 0 Å². The summed E-state index contributed by atoms with van der Waals surface area (Å²) in [4.78, 5) is -0.687. The Hall–Kier alpha value is -1.38. The molecule has 0 unspecified atom stereocenters. The lowest BCUT2D eigenvalue weighted by atomic mass is 10.3. The first-order valence-electron chi connectivity index (χ1n) is 5.43. The Morgan fingerprint density at radius 2 is 1.86 bits per heavy atom. The van der Waals surface area contributed by atoms with Crippen LogP contribution in [0.1, 0.15) is 0 Å². The molecule has 0 aliphatic heterocycles. The minimum absolute atomic E-state index is 0.0189. The van der Waals surface area contributed by atoms with Crippen LogP contribution in [0.3, 0.4) is 0 Å². The van der Waals surface area contributed by atoms with Gasteiger partial charge in [-0.05, 0) is 46.3 Å². The molecule has 2 rings (SSSR count). The Kier molecular flexibility index (Phi) is 4.40. The molecule has 2 aromatic carbocycles. The molecule has 0 saturated heterocycles. The van der Waals surface area contributed by atoms with E-state index in [1.165, 1.54) is 12.1 Å². The summed E-state index contributed by atoms with van der Waals surface area (Å²) in [6, 6.07) is 5.51. The number of nitrogens with two attached hydrogens (primary N) is 1. The molecule has 0 amide bonds. The number of nitrogens with one attached hydrogen (secondary N) is 1. The summed E-state index contributed by atoms with van der Waals surface area (Å²) >= 11 is 8.60. The molecule has 0 aliphatic carbocycles. The lowest BCUT2D eigenvalue weighted by Crippen LogP contribution is -2.15. The Balaban J connectivity index is 2.45. The van der Waals surface area contributed by atoms with Crippen LogP contribution in [-0.4, -0.2) is 8.42 Å². The van der Waals surface area contributed by atoms with Crippen molar-refractivity contribution in [3.05, 3.63) is 51.5 Å². The van der Waals surface area contributed by atoms with Crippen LogP contribution >= 0.6 is 27.5 Å². The maximum absolute atomic E-state index is 13.9. The third-order valence-corrected chi connectivity index (χ3v) is 4.70. The lowest BCUT2D eigenvalue weighted by molar-refractivity contribution is 0.573. The van der Waals surface area contributed by atoms with Gasteiger partial charge in [-0.1, -0.05) is 11.6 Å². The molecule has 3 N–H and O–H groups in total. The number of halogens is 4. The van der Waals surface area contributed by atoms with Gasteiger partial charge < -0.3 is 5.73 Å². The first-order chi connectivity index (χ1) is 9.70. The van der Waals surface area contributed by atoms with Crippen molar-refractivity contribution in [3.63, 3.8) is 0 Å². The largest absolute Gasteiger partial charge is 0.396 e. The smallest absolute Gasteiger partial charge is 0.264 e. The van der Waals surface area contributed by atoms with Gasteiger partial charge in [0.2, 0.25) is 0 Å². The van der Waals surface area contributed by atoms with Crippen molar-refractivity contribution < 1.29 is 17.2 Å². The number of hydrogen-bond acceptors (Lipinski definition) is 3. The van der Waals surface area contributed by atoms with Gasteiger partial charge in [0.25, 0.3) is 10.0 Å². The third kappa shape index (κ3) is 3.45. The normalized spacial score (nSPS) is 11.4. The molecule has 0 radical (unpaired) electrons. The number of anilines is 2. The van der Waals surface area contributed by atoms with Crippen LogP contribution in [0.5, 0.6) is 0 Å².